The molecule has 0 radical (unpaired) electrons. The third-order valence-corrected chi connectivity index (χ3v) is 3.24. The molecular formula is C14H21ClN2O. The molecule has 0 aromatic heterocycles. The molecule has 1 rings (SSSR count). The Hall–Kier alpha value is -1.06. The summed E-state index contributed by atoms with van der Waals surface area (Å²) in [6, 6.07) is 7.45. The second-order valence-electron chi connectivity index (χ2n) is 4.85. The summed E-state index contributed by atoms with van der Waals surface area (Å²) < 4.78 is 0. The molecular weight excluding hydrogens is 248 g/mol. The molecule has 4 heteroatoms. The Labute approximate surface area is 114 Å². The van der Waals surface area contributed by atoms with Gasteiger partial charge >= 0.3 is 0 Å². The maximum absolute atomic E-state index is 12.2. The van der Waals surface area contributed by atoms with Crippen molar-refractivity contribution in [3.63, 3.8) is 0 Å². The third kappa shape index (κ3) is 4.00. The summed E-state index contributed by atoms with van der Waals surface area (Å²) in [5.74, 6) is 0.0286. The van der Waals surface area contributed by atoms with Crippen LogP contribution in [0.15, 0.2) is 24.3 Å². The second-order valence-corrected chi connectivity index (χ2v) is 5.28. The highest BCUT2D eigenvalue weighted by molar-refractivity contribution is 6.30. The number of hydrogen-bond acceptors (Lipinski definition) is 2. The number of carbonyl (C=O) groups is 1. The van der Waals surface area contributed by atoms with Gasteiger partial charge in [-0.1, -0.05) is 23.7 Å². The fraction of sp³-hybridized carbons (Fsp3) is 0.500. The highest BCUT2D eigenvalue weighted by Crippen LogP contribution is 2.25. The highest BCUT2D eigenvalue weighted by atomic mass is 35.5. The minimum Gasteiger partial charge on any atom is -0.355 e. The fourth-order valence-electron chi connectivity index (χ4n) is 1.70. The molecule has 0 saturated heterocycles. The SMILES string of the molecule is CNCCCNC(=O)C(C)(C)c1cccc(Cl)c1. The van der Waals surface area contributed by atoms with E-state index in [0.29, 0.717) is 11.6 Å². The Bertz CT molecular complexity index is 405. The predicted molar refractivity (Wildman–Crippen MR) is 76.0 cm³/mol. The molecule has 2 N–H and O–H groups in total. The van der Waals surface area contributed by atoms with Gasteiger partial charge in [0.15, 0.2) is 0 Å². The molecule has 1 amide bonds. The van der Waals surface area contributed by atoms with E-state index >= 15 is 0 Å². The van der Waals surface area contributed by atoms with E-state index in [1.807, 2.05) is 45.2 Å². The van der Waals surface area contributed by atoms with Gasteiger partial charge in [0.25, 0.3) is 0 Å². The summed E-state index contributed by atoms with van der Waals surface area (Å²) in [6.45, 7) is 5.40. The van der Waals surface area contributed by atoms with Crippen LogP contribution in [0.5, 0.6) is 0 Å². The molecule has 0 atom stereocenters. The summed E-state index contributed by atoms with van der Waals surface area (Å²) >= 11 is 5.96. The molecule has 18 heavy (non-hydrogen) atoms. The van der Waals surface area contributed by atoms with E-state index in [-0.39, 0.29) is 5.91 Å². The van der Waals surface area contributed by atoms with E-state index in [4.69, 9.17) is 11.6 Å². The van der Waals surface area contributed by atoms with Crippen LogP contribution in [-0.4, -0.2) is 26.0 Å². The number of hydrogen-bond donors (Lipinski definition) is 2. The van der Waals surface area contributed by atoms with Gasteiger partial charge in [-0.05, 0) is 51.6 Å². The largest absolute Gasteiger partial charge is 0.355 e. The van der Waals surface area contributed by atoms with Gasteiger partial charge in [-0.25, -0.2) is 0 Å². The average Bonchev–Trinajstić information content (AvgIpc) is 2.34. The number of nitrogens with one attached hydrogen (secondary N) is 2. The van der Waals surface area contributed by atoms with Crippen molar-refractivity contribution in [3.05, 3.63) is 34.9 Å². The Morgan fingerprint density at radius 1 is 1.33 bits per heavy atom. The first-order chi connectivity index (χ1) is 8.48. The van der Waals surface area contributed by atoms with E-state index < -0.39 is 5.41 Å². The van der Waals surface area contributed by atoms with Crippen molar-refractivity contribution in [2.75, 3.05) is 20.1 Å². The fourth-order valence-corrected chi connectivity index (χ4v) is 1.89. The zero-order valence-electron chi connectivity index (χ0n) is 11.2. The van der Waals surface area contributed by atoms with E-state index in [0.717, 1.165) is 18.5 Å². The van der Waals surface area contributed by atoms with Gasteiger partial charge in [-0.2, -0.15) is 0 Å². The average molecular weight is 269 g/mol. The van der Waals surface area contributed by atoms with Crippen LogP contribution in [0.2, 0.25) is 5.02 Å². The Morgan fingerprint density at radius 2 is 2.06 bits per heavy atom. The van der Waals surface area contributed by atoms with Gasteiger partial charge in [0.1, 0.15) is 0 Å². The first-order valence-corrected chi connectivity index (χ1v) is 6.55. The van der Waals surface area contributed by atoms with E-state index in [1.54, 1.807) is 0 Å². The van der Waals surface area contributed by atoms with Crippen molar-refractivity contribution in [2.24, 2.45) is 0 Å². The maximum atomic E-state index is 12.2. The van der Waals surface area contributed by atoms with E-state index in [2.05, 4.69) is 10.6 Å². The lowest BCUT2D eigenvalue weighted by Gasteiger charge is -2.24. The van der Waals surface area contributed by atoms with Crippen molar-refractivity contribution in [3.8, 4) is 0 Å². The third-order valence-electron chi connectivity index (χ3n) is 3.00. The van der Waals surface area contributed by atoms with Crippen molar-refractivity contribution < 1.29 is 4.79 Å². The lowest BCUT2D eigenvalue weighted by atomic mass is 9.84. The van der Waals surface area contributed by atoms with Gasteiger partial charge in [0.05, 0.1) is 5.41 Å². The van der Waals surface area contributed by atoms with Crippen LogP contribution in [0, 0.1) is 0 Å². The zero-order valence-corrected chi connectivity index (χ0v) is 12.0. The standard InChI is InChI=1S/C14H21ClN2O/c1-14(2,11-6-4-7-12(15)10-11)13(18)17-9-5-8-16-3/h4,6-7,10,16H,5,8-9H2,1-3H3,(H,17,18). The molecule has 0 aliphatic rings. The van der Waals surface area contributed by atoms with Gasteiger partial charge in [-0.15, -0.1) is 0 Å². The van der Waals surface area contributed by atoms with E-state index in [1.165, 1.54) is 0 Å². The molecule has 1 aromatic rings. The molecule has 0 aliphatic heterocycles. The monoisotopic (exact) mass is 268 g/mol. The summed E-state index contributed by atoms with van der Waals surface area (Å²) in [5.41, 5.74) is 0.367. The summed E-state index contributed by atoms with van der Waals surface area (Å²) in [4.78, 5) is 12.2. The molecule has 0 heterocycles. The number of halogens is 1. The van der Waals surface area contributed by atoms with Crippen LogP contribution >= 0.6 is 11.6 Å². The topological polar surface area (TPSA) is 41.1 Å². The molecule has 0 saturated carbocycles. The van der Waals surface area contributed by atoms with Crippen molar-refractivity contribution >= 4 is 17.5 Å². The molecule has 100 valence electrons. The molecule has 0 unspecified atom stereocenters. The molecule has 1 aromatic carbocycles. The van der Waals surface area contributed by atoms with Gasteiger partial charge in [0, 0.05) is 11.6 Å². The predicted octanol–water partition coefficient (Wildman–Crippen LogP) is 2.34. The van der Waals surface area contributed by atoms with Crippen LogP contribution in [0.4, 0.5) is 0 Å². The van der Waals surface area contributed by atoms with Crippen LogP contribution in [0.3, 0.4) is 0 Å². The highest BCUT2D eigenvalue weighted by Gasteiger charge is 2.29. The Kier molecular flexibility index (Phi) is 5.63. The summed E-state index contributed by atoms with van der Waals surface area (Å²) in [5, 5.41) is 6.66. The van der Waals surface area contributed by atoms with E-state index in [9.17, 15) is 4.79 Å². The van der Waals surface area contributed by atoms with Crippen molar-refractivity contribution in [1.29, 1.82) is 0 Å². The number of rotatable bonds is 6. The lowest BCUT2D eigenvalue weighted by molar-refractivity contribution is -0.125. The van der Waals surface area contributed by atoms with Gasteiger partial charge in [-0.3, -0.25) is 4.79 Å². The normalized spacial score (nSPS) is 11.3. The smallest absolute Gasteiger partial charge is 0.230 e. The van der Waals surface area contributed by atoms with Crippen LogP contribution in [0.25, 0.3) is 0 Å². The van der Waals surface area contributed by atoms with Crippen LogP contribution in [-0.2, 0) is 10.2 Å². The minimum atomic E-state index is -0.565. The summed E-state index contributed by atoms with van der Waals surface area (Å²) in [7, 11) is 1.90. The van der Waals surface area contributed by atoms with Crippen LogP contribution < -0.4 is 10.6 Å². The molecule has 3 nitrogen and oxygen atoms in total. The van der Waals surface area contributed by atoms with Gasteiger partial charge < -0.3 is 10.6 Å². The number of amides is 1. The molecule has 0 fully saturated rings. The first-order valence-electron chi connectivity index (χ1n) is 6.17. The van der Waals surface area contributed by atoms with Gasteiger partial charge in [0.2, 0.25) is 5.91 Å². The maximum Gasteiger partial charge on any atom is 0.230 e. The second kappa shape index (κ2) is 6.76. The summed E-state index contributed by atoms with van der Waals surface area (Å²) in [6.07, 6.45) is 0.924. The molecule has 0 aliphatic carbocycles. The Balaban J connectivity index is 2.65. The van der Waals surface area contributed by atoms with Crippen LogP contribution in [0.1, 0.15) is 25.8 Å². The molecule has 0 bridgehead atoms. The quantitative estimate of drug-likeness (QED) is 0.778. The lowest BCUT2D eigenvalue weighted by Crippen LogP contribution is -2.40. The van der Waals surface area contributed by atoms with Crippen molar-refractivity contribution in [2.45, 2.75) is 25.7 Å². The van der Waals surface area contributed by atoms with Crippen molar-refractivity contribution in [1.82, 2.24) is 10.6 Å². The number of benzene rings is 1. The number of carbonyl (C=O) groups excluding carboxylic acids is 1. The minimum absolute atomic E-state index is 0.0286. The molecule has 0 spiro atoms. The Morgan fingerprint density at radius 3 is 2.67 bits per heavy atom. The zero-order chi connectivity index (χ0) is 13.6. The first kappa shape index (κ1) is 15.0.